The summed E-state index contributed by atoms with van der Waals surface area (Å²) in [5, 5.41) is 0. The molecule has 0 aliphatic carbocycles. The first-order valence-corrected chi connectivity index (χ1v) is 5.11. The van der Waals surface area contributed by atoms with Crippen LogP contribution in [0, 0.1) is 5.41 Å². The van der Waals surface area contributed by atoms with Crippen LogP contribution in [0.25, 0.3) is 0 Å². The summed E-state index contributed by atoms with van der Waals surface area (Å²) in [4.78, 5) is 2.63. The summed E-state index contributed by atoms with van der Waals surface area (Å²) >= 11 is 0. The van der Waals surface area contributed by atoms with Gasteiger partial charge in [-0.15, -0.1) is 0 Å². The van der Waals surface area contributed by atoms with Gasteiger partial charge in [-0.3, -0.25) is 4.90 Å². The molecule has 0 unspecified atom stereocenters. The van der Waals surface area contributed by atoms with Gasteiger partial charge < -0.3 is 0 Å². The van der Waals surface area contributed by atoms with Gasteiger partial charge in [-0.1, -0.05) is 20.8 Å². The fraction of sp³-hybridized carbons (Fsp3) is 1.00. The second kappa shape index (κ2) is 3.02. The van der Waals surface area contributed by atoms with Crippen LogP contribution in [0.4, 0.5) is 0 Å². The van der Waals surface area contributed by atoms with Crippen molar-refractivity contribution in [3.63, 3.8) is 0 Å². The van der Waals surface area contributed by atoms with E-state index in [0.29, 0.717) is 11.0 Å². The van der Waals surface area contributed by atoms with Gasteiger partial charge in [0.15, 0.2) is 0 Å². The SMILES string of the molecule is CC(C)(C)C(C)(C)N1CCCC1. The smallest absolute Gasteiger partial charge is 0.0201 e. The van der Waals surface area contributed by atoms with Crippen LogP contribution in [-0.4, -0.2) is 23.5 Å². The predicted molar refractivity (Wildman–Crippen MR) is 54.3 cm³/mol. The van der Waals surface area contributed by atoms with E-state index < -0.39 is 0 Å². The van der Waals surface area contributed by atoms with Crippen LogP contribution in [0.3, 0.4) is 0 Å². The summed E-state index contributed by atoms with van der Waals surface area (Å²) in [5.74, 6) is 0. The molecule has 1 heteroatoms. The zero-order chi connectivity index (χ0) is 9.41. The lowest BCUT2D eigenvalue weighted by molar-refractivity contribution is 0.0417. The van der Waals surface area contributed by atoms with E-state index in [2.05, 4.69) is 39.5 Å². The van der Waals surface area contributed by atoms with Gasteiger partial charge in [0.2, 0.25) is 0 Å². The molecule has 0 spiro atoms. The fourth-order valence-electron chi connectivity index (χ4n) is 1.75. The van der Waals surface area contributed by atoms with Crippen LogP contribution < -0.4 is 0 Å². The van der Waals surface area contributed by atoms with Gasteiger partial charge in [0.25, 0.3) is 0 Å². The lowest BCUT2D eigenvalue weighted by Crippen LogP contribution is -2.51. The van der Waals surface area contributed by atoms with Crippen LogP contribution in [0.2, 0.25) is 0 Å². The van der Waals surface area contributed by atoms with E-state index in [1.165, 1.54) is 25.9 Å². The Morgan fingerprint density at radius 3 is 1.58 bits per heavy atom. The quantitative estimate of drug-likeness (QED) is 0.583. The molecule has 0 bridgehead atoms. The average Bonchev–Trinajstić information content (AvgIpc) is 2.34. The van der Waals surface area contributed by atoms with Crippen molar-refractivity contribution in [3.05, 3.63) is 0 Å². The standard InChI is InChI=1S/C11H23N/c1-10(2,3)11(4,5)12-8-6-7-9-12/h6-9H2,1-5H3. The minimum absolute atomic E-state index is 0.351. The monoisotopic (exact) mass is 169 g/mol. The summed E-state index contributed by atoms with van der Waals surface area (Å²) < 4.78 is 0. The van der Waals surface area contributed by atoms with Gasteiger partial charge in [-0.2, -0.15) is 0 Å². The number of hydrogen-bond donors (Lipinski definition) is 0. The highest BCUT2D eigenvalue weighted by molar-refractivity contribution is 4.93. The minimum Gasteiger partial charge on any atom is -0.298 e. The summed E-state index contributed by atoms with van der Waals surface area (Å²) in [7, 11) is 0. The molecule has 0 radical (unpaired) electrons. The molecule has 0 aromatic heterocycles. The van der Waals surface area contributed by atoms with Crippen molar-refractivity contribution in [2.75, 3.05) is 13.1 Å². The van der Waals surface area contributed by atoms with Crippen LogP contribution in [0.1, 0.15) is 47.5 Å². The maximum absolute atomic E-state index is 2.63. The topological polar surface area (TPSA) is 3.24 Å². The van der Waals surface area contributed by atoms with Crippen LogP contribution in [0.5, 0.6) is 0 Å². The van der Waals surface area contributed by atoms with Crippen molar-refractivity contribution in [2.45, 2.75) is 53.0 Å². The fourth-order valence-corrected chi connectivity index (χ4v) is 1.75. The molecular weight excluding hydrogens is 146 g/mol. The Morgan fingerprint density at radius 2 is 1.25 bits per heavy atom. The Balaban J connectivity index is 2.69. The first-order valence-electron chi connectivity index (χ1n) is 5.11. The Hall–Kier alpha value is -0.0400. The van der Waals surface area contributed by atoms with E-state index in [4.69, 9.17) is 0 Å². The molecule has 0 aromatic carbocycles. The molecule has 1 fully saturated rings. The molecule has 0 saturated carbocycles. The number of nitrogens with zero attached hydrogens (tertiary/aromatic N) is 1. The van der Waals surface area contributed by atoms with Gasteiger partial charge >= 0.3 is 0 Å². The molecule has 0 N–H and O–H groups in total. The normalized spacial score (nSPS) is 21.8. The van der Waals surface area contributed by atoms with Gasteiger partial charge in [-0.05, 0) is 45.2 Å². The Bertz CT molecular complexity index is 147. The van der Waals surface area contributed by atoms with Crippen molar-refractivity contribution in [1.82, 2.24) is 4.90 Å². The molecule has 1 aliphatic rings. The number of likely N-dealkylation sites (tertiary alicyclic amines) is 1. The van der Waals surface area contributed by atoms with Gasteiger partial charge in [0, 0.05) is 5.54 Å². The second-order valence-electron chi connectivity index (χ2n) is 5.50. The van der Waals surface area contributed by atoms with Crippen molar-refractivity contribution in [3.8, 4) is 0 Å². The molecule has 12 heavy (non-hydrogen) atoms. The summed E-state index contributed by atoms with van der Waals surface area (Å²) in [6.45, 7) is 14.4. The second-order valence-corrected chi connectivity index (χ2v) is 5.50. The molecule has 0 aromatic rings. The molecule has 1 nitrogen and oxygen atoms in total. The van der Waals surface area contributed by atoms with Crippen LogP contribution in [-0.2, 0) is 0 Å². The Kier molecular flexibility index (Phi) is 2.53. The highest BCUT2D eigenvalue weighted by atomic mass is 15.2. The van der Waals surface area contributed by atoms with Crippen molar-refractivity contribution >= 4 is 0 Å². The first kappa shape index (κ1) is 10.0. The summed E-state index contributed by atoms with van der Waals surface area (Å²) in [6.07, 6.45) is 2.78. The third-order valence-electron chi connectivity index (χ3n) is 3.73. The molecule has 0 atom stereocenters. The van der Waals surface area contributed by atoms with Crippen LogP contribution in [0.15, 0.2) is 0 Å². The average molecular weight is 169 g/mol. The van der Waals surface area contributed by atoms with E-state index in [9.17, 15) is 0 Å². The maximum Gasteiger partial charge on any atom is 0.0201 e. The van der Waals surface area contributed by atoms with E-state index in [1.807, 2.05) is 0 Å². The summed E-state index contributed by atoms with van der Waals surface area (Å²) in [6, 6.07) is 0. The van der Waals surface area contributed by atoms with Crippen molar-refractivity contribution < 1.29 is 0 Å². The molecule has 1 rings (SSSR count). The van der Waals surface area contributed by atoms with Gasteiger partial charge in [-0.25, -0.2) is 0 Å². The zero-order valence-corrected chi connectivity index (χ0v) is 9.28. The van der Waals surface area contributed by atoms with Gasteiger partial charge in [0.05, 0.1) is 0 Å². The number of rotatable bonds is 1. The largest absolute Gasteiger partial charge is 0.298 e. The zero-order valence-electron chi connectivity index (χ0n) is 9.28. The van der Waals surface area contributed by atoms with Crippen molar-refractivity contribution in [1.29, 1.82) is 0 Å². The summed E-state index contributed by atoms with van der Waals surface area (Å²) in [5.41, 5.74) is 0.737. The highest BCUT2D eigenvalue weighted by Gasteiger charge is 2.38. The third-order valence-corrected chi connectivity index (χ3v) is 3.73. The minimum atomic E-state index is 0.351. The van der Waals surface area contributed by atoms with Crippen molar-refractivity contribution in [2.24, 2.45) is 5.41 Å². The van der Waals surface area contributed by atoms with Crippen LogP contribution >= 0.6 is 0 Å². The van der Waals surface area contributed by atoms with Gasteiger partial charge in [0.1, 0.15) is 0 Å². The maximum atomic E-state index is 2.63. The predicted octanol–water partition coefficient (Wildman–Crippen LogP) is 2.91. The molecule has 1 heterocycles. The molecule has 0 amide bonds. The molecule has 72 valence electrons. The number of hydrogen-bond acceptors (Lipinski definition) is 1. The van der Waals surface area contributed by atoms with E-state index in [0.717, 1.165) is 0 Å². The molecule has 1 aliphatic heterocycles. The van der Waals surface area contributed by atoms with E-state index in [1.54, 1.807) is 0 Å². The molecular formula is C11H23N. The van der Waals surface area contributed by atoms with E-state index >= 15 is 0 Å². The highest BCUT2D eigenvalue weighted by Crippen LogP contribution is 2.36. The van der Waals surface area contributed by atoms with E-state index in [-0.39, 0.29) is 0 Å². The Labute approximate surface area is 77.1 Å². The first-order chi connectivity index (χ1) is 5.36. The lowest BCUT2D eigenvalue weighted by Gasteiger charge is -2.46. The molecule has 1 saturated heterocycles. The Morgan fingerprint density at radius 1 is 0.833 bits per heavy atom. The lowest BCUT2D eigenvalue weighted by atomic mass is 9.75. The third kappa shape index (κ3) is 1.66.